The normalized spacial score (nSPS) is 39.1. The molecule has 118 valence electrons. The Kier molecular flexibility index (Phi) is 3.34. The fourth-order valence-corrected chi connectivity index (χ4v) is 5.36. The van der Waals surface area contributed by atoms with Gasteiger partial charge in [-0.15, -0.1) is 0 Å². The second-order valence-corrected chi connectivity index (χ2v) is 8.77. The van der Waals surface area contributed by atoms with Gasteiger partial charge in [0.15, 0.2) is 0 Å². The van der Waals surface area contributed by atoms with Gasteiger partial charge in [-0.25, -0.2) is 4.79 Å². The van der Waals surface area contributed by atoms with Crippen molar-refractivity contribution in [2.75, 3.05) is 0 Å². The van der Waals surface area contributed by atoms with Crippen LogP contribution < -0.4 is 5.32 Å². The van der Waals surface area contributed by atoms with Gasteiger partial charge in [-0.05, 0) is 56.3 Å². The minimum absolute atomic E-state index is 0.148. The number of amides is 1. The molecule has 0 spiro atoms. The second kappa shape index (κ2) is 4.72. The predicted octanol–water partition coefficient (Wildman–Crippen LogP) is 2.82. The van der Waals surface area contributed by atoms with E-state index >= 15 is 0 Å². The van der Waals surface area contributed by atoms with Gasteiger partial charge in [-0.3, -0.25) is 4.79 Å². The zero-order chi connectivity index (χ0) is 15.4. The molecule has 4 aliphatic rings. The fourth-order valence-electron chi connectivity index (χ4n) is 5.36. The Hall–Kier alpha value is -1.06. The number of carbonyl (C=O) groups excluding carboxylic acids is 1. The molecule has 4 heteroatoms. The van der Waals surface area contributed by atoms with E-state index in [1.165, 1.54) is 19.3 Å². The predicted molar refractivity (Wildman–Crippen MR) is 79.6 cm³/mol. The van der Waals surface area contributed by atoms with Crippen LogP contribution >= 0.6 is 0 Å². The van der Waals surface area contributed by atoms with Crippen LogP contribution in [0, 0.1) is 28.6 Å². The minimum Gasteiger partial charge on any atom is -0.480 e. The van der Waals surface area contributed by atoms with Gasteiger partial charge in [-0.1, -0.05) is 20.8 Å². The highest BCUT2D eigenvalue weighted by molar-refractivity contribution is 5.87. The number of carbonyl (C=O) groups is 2. The topological polar surface area (TPSA) is 66.4 Å². The van der Waals surface area contributed by atoms with Crippen molar-refractivity contribution in [1.29, 1.82) is 0 Å². The summed E-state index contributed by atoms with van der Waals surface area (Å²) in [6, 6.07) is -0.711. The summed E-state index contributed by atoms with van der Waals surface area (Å²) in [6.45, 7) is 5.50. The Labute approximate surface area is 126 Å². The standard InChI is InChI=1S/C17H27NO3/c1-16(2,3)15(21)18-13(14(19)20)17-7-10-4-11(8-17)6-12(5-10)9-17/h10-13H,4-9H2,1-3H3,(H,18,21)(H,19,20)/t10?,11?,12?,13-,17?/m0/s1. The molecule has 0 unspecified atom stereocenters. The lowest BCUT2D eigenvalue weighted by molar-refractivity contribution is -0.155. The van der Waals surface area contributed by atoms with Crippen LogP contribution in [0.2, 0.25) is 0 Å². The van der Waals surface area contributed by atoms with Crippen LogP contribution in [0.25, 0.3) is 0 Å². The minimum atomic E-state index is -0.852. The molecular weight excluding hydrogens is 266 g/mol. The maximum atomic E-state index is 12.3. The lowest BCUT2D eigenvalue weighted by Gasteiger charge is -2.58. The molecule has 0 aromatic rings. The van der Waals surface area contributed by atoms with Crippen molar-refractivity contribution in [2.45, 2.75) is 65.3 Å². The molecule has 4 nitrogen and oxygen atoms in total. The van der Waals surface area contributed by atoms with E-state index in [-0.39, 0.29) is 11.3 Å². The third-order valence-corrected chi connectivity index (χ3v) is 5.90. The molecule has 1 amide bonds. The van der Waals surface area contributed by atoms with Crippen molar-refractivity contribution < 1.29 is 14.7 Å². The van der Waals surface area contributed by atoms with E-state index in [9.17, 15) is 14.7 Å². The van der Waals surface area contributed by atoms with Crippen LogP contribution in [0.5, 0.6) is 0 Å². The lowest BCUT2D eigenvalue weighted by atomic mass is 9.47. The van der Waals surface area contributed by atoms with Crippen molar-refractivity contribution in [3.05, 3.63) is 0 Å². The summed E-state index contributed by atoms with van der Waals surface area (Å²) in [5.41, 5.74) is -0.739. The number of rotatable bonds is 3. The highest BCUT2D eigenvalue weighted by atomic mass is 16.4. The van der Waals surface area contributed by atoms with E-state index < -0.39 is 17.4 Å². The summed E-state index contributed by atoms with van der Waals surface area (Å²) in [5.74, 6) is 1.05. The molecule has 4 rings (SSSR count). The fraction of sp³-hybridized carbons (Fsp3) is 0.882. The maximum absolute atomic E-state index is 12.3. The molecule has 0 radical (unpaired) electrons. The van der Waals surface area contributed by atoms with Crippen LogP contribution in [0.4, 0.5) is 0 Å². The SMILES string of the molecule is CC(C)(C)C(=O)N[C@@H](C(=O)O)C12CC3CC(CC(C3)C1)C2. The molecule has 0 heterocycles. The smallest absolute Gasteiger partial charge is 0.326 e. The zero-order valence-corrected chi connectivity index (χ0v) is 13.3. The van der Waals surface area contributed by atoms with Crippen LogP contribution in [0.15, 0.2) is 0 Å². The molecule has 21 heavy (non-hydrogen) atoms. The van der Waals surface area contributed by atoms with Gasteiger partial charge in [0.2, 0.25) is 5.91 Å². The summed E-state index contributed by atoms with van der Waals surface area (Å²) in [4.78, 5) is 24.2. The molecule has 4 fully saturated rings. The van der Waals surface area contributed by atoms with E-state index in [0.29, 0.717) is 17.8 Å². The van der Waals surface area contributed by atoms with Gasteiger partial charge in [0, 0.05) is 10.8 Å². The Morgan fingerprint density at radius 2 is 1.48 bits per heavy atom. The number of nitrogens with one attached hydrogen (secondary N) is 1. The first-order chi connectivity index (χ1) is 9.69. The van der Waals surface area contributed by atoms with Crippen molar-refractivity contribution in [3.63, 3.8) is 0 Å². The number of hydrogen-bond donors (Lipinski definition) is 2. The number of carboxylic acid groups (broad SMARTS) is 1. The Morgan fingerprint density at radius 3 is 1.81 bits per heavy atom. The van der Waals surface area contributed by atoms with Crippen LogP contribution in [-0.2, 0) is 9.59 Å². The molecule has 0 aliphatic heterocycles. The first kappa shape index (κ1) is 14.9. The van der Waals surface area contributed by atoms with Crippen LogP contribution in [-0.4, -0.2) is 23.0 Å². The Balaban J connectivity index is 1.84. The van der Waals surface area contributed by atoms with E-state index in [1.54, 1.807) is 0 Å². The van der Waals surface area contributed by atoms with Gasteiger partial charge in [0.1, 0.15) is 6.04 Å². The van der Waals surface area contributed by atoms with Crippen LogP contribution in [0.3, 0.4) is 0 Å². The largest absolute Gasteiger partial charge is 0.480 e. The second-order valence-electron chi connectivity index (χ2n) is 8.77. The average molecular weight is 293 g/mol. The third-order valence-electron chi connectivity index (χ3n) is 5.90. The van der Waals surface area contributed by atoms with Crippen LogP contribution in [0.1, 0.15) is 59.3 Å². The highest BCUT2D eigenvalue weighted by Gasteiger charge is 2.56. The highest BCUT2D eigenvalue weighted by Crippen LogP contribution is 2.61. The van der Waals surface area contributed by atoms with Crippen molar-refractivity contribution in [2.24, 2.45) is 28.6 Å². The monoisotopic (exact) mass is 293 g/mol. The molecule has 2 N–H and O–H groups in total. The number of aliphatic carboxylic acids is 1. The summed E-state index contributed by atoms with van der Waals surface area (Å²) in [5, 5.41) is 12.6. The molecule has 0 aromatic carbocycles. The van der Waals surface area contributed by atoms with E-state index in [1.807, 2.05) is 20.8 Å². The summed E-state index contributed by atoms with van der Waals surface area (Å²) >= 11 is 0. The van der Waals surface area contributed by atoms with E-state index in [4.69, 9.17) is 0 Å². The molecule has 0 aromatic heterocycles. The van der Waals surface area contributed by atoms with Crippen molar-refractivity contribution >= 4 is 11.9 Å². The Bertz CT molecular complexity index is 428. The summed E-state index contributed by atoms with van der Waals surface area (Å²) in [7, 11) is 0. The quantitative estimate of drug-likeness (QED) is 0.841. The molecule has 1 atom stereocenters. The number of carboxylic acids is 1. The third kappa shape index (κ3) is 2.58. The zero-order valence-electron chi connectivity index (χ0n) is 13.3. The van der Waals surface area contributed by atoms with E-state index in [2.05, 4.69) is 5.32 Å². The molecule has 4 aliphatic carbocycles. The number of hydrogen-bond acceptors (Lipinski definition) is 2. The average Bonchev–Trinajstić information content (AvgIpc) is 2.31. The molecule has 0 saturated heterocycles. The van der Waals surface area contributed by atoms with Crippen molar-refractivity contribution in [3.8, 4) is 0 Å². The first-order valence-electron chi connectivity index (χ1n) is 8.23. The maximum Gasteiger partial charge on any atom is 0.326 e. The van der Waals surface area contributed by atoms with Gasteiger partial charge >= 0.3 is 5.97 Å². The van der Waals surface area contributed by atoms with Gasteiger partial charge in [-0.2, -0.15) is 0 Å². The van der Waals surface area contributed by atoms with Crippen molar-refractivity contribution in [1.82, 2.24) is 5.32 Å². The van der Waals surface area contributed by atoms with E-state index in [0.717, 1.165) is 19.3 Å². The molecule has 4 bridgehead atoms. The van der Waals surface area contributed by atoms with Gasteiger partial charge in [0.25, 0.3) is 0 Å². The lowest BCUT2D eigenvalue weighted by Crippen LogP contribution is -2.60. The summed E-state index contributed by atoms with van der Waals surface area (Å²) in [6.07, 6.45) is 6.79. The summed E-state index contributed by atoms with van der Waals surface area (Å²) < 4.78 is 0. The first-order valence-corrected chi connectivity index (χ1v) is 8.23. The molecular formula is C17H27NO3. The van der Waals surface area contributed by atoms with Gasteiger partial charge in [0.05, 0.1) is 0 Å². The molecule has 4 saturated carbocycles. The Morgan fingerprint density at radius 1 is 1.05 bits per heavy atom. The van der Waals surface area contributed by atoms with Gasteiger partial charge < -0.3 is 10.4 Å².